The molecule has 0 bridgehead atoms. The van der Waals surface area contributed by atoms with Crippen molar-refractivity contribution in [3.63, 3.8) is 0 Å². The molecule has 1 saturated heterocycles. The van der Waals surface area contributed by atoms with Crippen molar-refractivity contribution in [3.8, 4) is 0 Å². The van der Waals surface area contributed by atoms with Gasteiger partial charge in [0.2, 0.25) is 0 Å². The van der Waals surface area contributed by atoms with Gasteiger partial charge in [-0.25, -0.2) is 4.39 Å². The molecule has 1 aromatic rings. The molecule has 0 saturated carbocycles. The highest BCUT2D eigenvalue weighted by Gasteiger charge is 2.14. The lowest BCUT2D eigenvalue weighted by Crippen LogP contribution is -2.31. The van der Waals surface area contributed by atoms with Crippen LogP contribution in [0, 0.1) is 5.82 Å². The van der Waals surface area contributed by atoms with Crippen molar-refractivity contribution in [2.24, 2.45) is 0 Å². The van der Waals surface area contributed by atoms with Crippen molar-refractivity contribution < 1.29 is 9.13 Å². The average Bonchev–Trinajstić information content (AvgIpc) is 2.45. The molecule has 19 heavy (non-hydrogen) atoms. The first-order chi connectivity index (χ1) is 9.31. The predicted octanol–water partition coefficient (Wildman–Crippen LogP) is 2.55. The van der Waals surface area contributed by atoms with Gasteiger partial charge in [-0.15, -0.1) is 0 Å². The Morgan fingerprint density at radius 2 is 2.05 bits per heavy atom. The fourth-order valence-electron chi connectivity index (χ4n) is 2.54. The zero-order valence-corrected chi connectivity index (χ0v) is 11.6. The molecule has 0 aromatic heterocycles. The number of piperidine rings is 1. The summed E-state index contributed by atoms with van der Waals surface area (Å²) in [5.41, 5.74) is 2.21. The Morgan fingerprint density at radius 3 is 2.79 bits per heavy atom. The lowest BCUT2D eigenvalue weighted by Gasteiger charge is -2.30. The van der Waals surface area contributed by atoms with Crippen molar-refractivity contribution in [2.75, 3.05) is 38.3 Å². The maximum atomic E-state index is 13.4. The van der Waals surface area contributed by atoms with Crippen molar-refractivity contribution >= 4 is 5.69 Å². The van der Waals surface area contributed by atoms with Crippen molar-refractivity contribution in [1.29, 1.82) is 0 Å². The van der Waals surface area contributed by atoms with Crippen LogP contribution < -0.4 is 10.2 Å². The molecule has 0 aliphatic carbocycles. The molecule has 3 nitrogen and oxygen atoms in total. The van der Waals surface area contributed by atoms with Crippen LogP contribution in [0.25, 0.3) is 0 Å². The molecule has 1 aliphatic rings. The van der Waals surface area contributed by atoms with E-state index in [-0.39, 0.29) is 5.82 Å². The quantitative estimate of drug-likeness (QED) is 0.801. The van der Waals surface area contributed by atoms with Gasteiger partial charge in [0.25, 0.3) is 0 Å². The second-order valence-electron chi connectivity index (χ2n) is 4.99. The number of halogens is 1. The van der Waals surface area contributed by atoms with E-state index in [0.717, 1.165) is 25.2 Å². The Bertz CT molecular complexity index is 392. The smallest absolute Gasteiger partial charge is 0.123 e. The Labute approximate surface area is 114 Å². The molecule has 1 fully saturated rings. The second-order valence-corrected chi connectivity index (χ2v) is 4.99. The first kappa shape index (κ1) is 14.3. The van der Waals surface area contributed by atoms with Gasteiger partial charge in [0.1, 0.15) is 5.82 Å². The van der Waals surface area contributed by atoms with Gasteiger partial charge < -0.3 is 15.0 Å². The van der Waals surface area contributed by atoms with Crippen LogP contribution in [-0.2, 0) is 11.3 Å². The Balaban J connectivity index is 2.03. The molecule has 1 aliphatic heterocycles. The molecular weight excluding hydrogens is 243 g/mol. The molecule has 106 valence electrons. The number of methoxy groups -OCH3 is 1. The summed E-state index contributed by atoms with van der Waals surface area (Å²) in [5.74, 6) is -0.163. The number of ether oxygens (including phenoxy) is 1. The molecule has 4 heteroatoms. The van der Waals surface area contributed by atoms with Gasteiger partial charge in [0.15, 0.2) is 0 Å². The summed E-state index contributed by atoms with van der Waals surface area (Å²) in [6.07, 6.45) is 3.76. The lowest BCUT2D eigenvalue weighted by molar-refractivity contribution is 0.199. The summed E-state index contributed by atoms with van der Waals surface area (Å²) in [7, 11) is 1.68. The SMILES string of the molecule is COCCNCc1cc(F)ccc1N1CCCCC1. The second kappa shape index (κ2) is 7.46. The third kappa shape index (κ3) is 4.18. The van der Waals surface area contributed by atoms with E-state index in [2.05, 4.69) is 10.2 Å². The summed E-state index contributed by atoms with van der Waals surface area (Å²) in [5, 5.41) is 3.29. The molecule has 2 rings (SSSR count). The first-order valence-electron chi connectivity index (χ1n) is 7.04. The molecule has 1 heterocycles. The zero-order chi connectivity index (χ0) is 13.5. The van der Waals surface area contributed by atoms with E-state index in [9.17, 15) is 4.39 Å². The summed E-state index contributed by atoms with van der Waals surface area (Å²) in [6.45, 7) is 4.31. The first-order valence-corrected chi connectivity index (χ1v) is 7.04. The largest absolute Gasteiger partial charge is 0.383 e. The van der Waals surface area contributed by atoms with Gasteiger partial charge in [-0.3, -0.25) is 0 Å². The average molecular weight is 266 g/mol. The maximum absolute atomic E-state index is 13.4. The third-order valence-electron chi connectivity index (χ3n) is 3.54. The van der Waals surface area contributed by atoms with E-state index >= 15 is 0 Å². The monoisotopic (exact) mass is 266 g/mol. The molecule has 0 spiro atoms. The number of hydrogen-bond donors (Lipinski definition) is 1. The minimum atomic E-state index is -0.163. The van der Waals surface area contributed by atoms with Gasteiger partial charge in [0.05, 0.1) is 6.61 Å². The van der Waals surface area contributed by atoms with Crippen molar-refractivity contribution in [1.82, 2.24) is 5.32 Å². The van der Waals surface area contributed by atoms with E-state index in [4.69, 9.17) is 4.74 Å². The highest BCUT2D eigenvalue weighted by Crippen LogP contribution is 2.25. The van der Waals surface area contributed by atoms with Gasteiger partial charge in [-0.2, -0.15) is 0 Å². The number of nitrogens with zero attached hydrogens (tertiary/aromatic N) is 1. The predicted molar refractivity (Wildman–Crippen MR) is 76.0 cm³/mol. The van der Waals surface area contributed by atoms with Gasteiger partial charge in [-0.05, 0) is 43.0 Å². The summed E-state index contributed by atoms with van der Waals surface area (Å²) in [4.78, 5) is 2.37. The molecular formula is C15H23FN2O. The standard InChI is InChI=1S/C15H23FN2O/c1-19-10-7-17-12-13-11-14(16)5-6-15(13)18-8-3-2-4-9-18/h5-6,11,17H,2-4,7-10,12H2,1H3. The van der Waals surface area contributed by atoms with Crippen LogP contribution in [0.15, 0.2) is 18.2 Å². The summed E-state index contributed by atoms with van der Waals surface area (Å²) >= 11 is 0. The van der Waals surface area contributed by atoms with Gasteiger partial charge in [-0.1, -0.05) is 0 Å². The van der Waals surface area contributed by atoms with Crippen LogP contribution in [0.2, 0.25) is 0 Å². The van der Waals surface area contributed by atoms with Gasteiger partial charge >= 0.3 is 0 Å². The normalized spacial score (nSPS) is 15.8. The van der Waals surface area contributed by atoms with Crippen LogP contribution in [0.3, 0.4) is 0 Å². The van der Waals surface area contributed by atoms with E-state index in [1.165, 1.54) is 24.9 Å². The van der Waals surface area contributed by atoms with Gasteiger partial charge in [0, 0.05) is 39.0 Å². The number of nitrogens with one attached hydrogen (secondary N) is 1. The van der Waals surface area contributed by atoms with Crippen LogP contribution in [0.4, 0.5) is 10.1 Å². The minimum Gasteiger partial charge on any atom is -0.383 e. The highest BCUT2D eigenvalue weighted by atomic mass is 19.1. The zero-order valence-electron chi connectivity index (χ0n) is 11.6. The maximum Gasteiger partial charge on any atom is 0.123 e. The topological polar surface area (TPSA) is 24.5 Å². The van der Waals surface area contributed by atoms with E-state index < -0.39 is 0 Å². The number of rotatable bonds is 6. The fourth-order valence-corrected chi connectivity index (χ4v) is 2.54. The number of anilines is 1. The van der Waals surface area contributed by atoms with Crippen molar-refractivity contribution in [3.05, 3.63) is 29.6 Å². The molecule has 1 N–H and O–H groups in total. The van der Waals surface area contributed by atoms with E-state index in [0.29, 0.717) is 13.2 Å². The lowest BCUT2D eigenvalue weighted by atomic mass is 10.1. The molecule has 0 atom stereocenters. The Morgan fingerprint density at radius 1 is 1.26 bits per heavy atom. The Kier molecular flexibility index (Phi) is 5.61. The van der Waals surface area contributed by atoms with Crippen LogP contribution in [0.1, 0.15) is 24.8 Å². The van der Waals surface area contributed by atoms with Crippen LogP contribution in [0.5, 0.6) is 0 Å². The van der Waals surface area contributed by atoms with Crippen molar-refractivity contribution in [2.45, 2.75) is 25.8 Å². The number of benzene rings is 1. The molecule has 0 unspecified atom stereocenters. The molecule has 1 aromatic carbocycles. The fraction of sp³-hybridized carbons (Fsp3) is 0.600. The summed E-state index contributed by atoms with van der Waals surface area (Å²) in [6, 6.07) is 5.11. The van der Waals surface area contributed by atoms with Crippen LogP contribution >= 0.6 is 0 Å². The molecule has 0 amide bonds. The minimum absolute atomic E-state index is 0.163. The summed E-state index contributed by atoms with van der Waals surface area (Å²) < 4.78 is 18.4. The molecule has 0 radical (unpaired) electrons. The number of hydrogen-bond acceptors (Lipinski definition) is 3. The third-order valence-corrected chi connectivity index (χ3v) is 3.54. The van der Waals surface area contributed by atoms with E-state index in [1.54, 1.807) is 19.2 Å². The highest BCUT2D eigenvalue weighted by molar-refractivity contribution is 5.54. The van der Waals surface area contributed by atoms with E-state index in [1.807, 2.05) is 6.07 Å². The Hall–Kier alpha value is -1.13. The van der Waals surface area contributed by atoms with Crippen LogP contribution in [-0.4, -0.2) is 33.4 Å².